The van der Waals surface area contributed by atoms with Gasteiger partial charge in [0.05, 0.1) is 11.1 Å². The Labute approximate surface area is 161 Å². The quantitative estimate of drug-likeness (QED) is 0.479. The van der Waals surface area contributed by atoms with E-state index in [1.165, 1.54) is 50.4 Å². The van der Waals surface area contributed by atoms with Gasteiger partial charge >= 0.3 is 0 Å². The zero-order valence-electron chi connectivity index (χ0n) is 17.0. The largest absolute Gasteiger partial charge is 0.347 e. The molecule has 0 radical (unpaired) electrons. The molecule has 0 aliphatic heterocycles. The molecule has 0 N–H and O–H groups in total. The van der Waals surface area contributed by atoms with E-state index in [0.717, 1.165) is 0 Å². The van der Waals surface area contributed by atoms with E-state index in [2.05, 4.69) is 110 Å². The fraction of sp³-hybridized carbons (Fsp3) is 0.250. The second-order valence-electron chi connectivity index (χ2n) is 7.55. The van der Waals surface area contributed by atoms with Crippen molar-refractivity contribution in [3.63, 3.8) is 0 Å². The first-order chi connectivity index (χ1) is 12.9. The summed E-state index contributed by atoms with van der Waals surface area (Å²) < 4.78 is 6.85. The van der Waals surface area contributed by atoms with Crippen molar-refractivity contribution in [1.82, 2.24) is 4.57 Å². The third kappa shape index (κ3) is 2.66. The maximum absolute atomic E-state index is 2.36. The molecule has 136 valence electrons. The lowest BCUT2D eigenvalue weighted by Gasteiger charge is -2.12. The maximum Gasteiger partial charge on any atom is 0.280 e. The van der Waals surface area contributed by atoms with E-state index in [1.54, 1.807) is 0 Å². The summed E-state index contributed by atoms with van der Waals surface area (Å²) in [7, 11) is 6.45. The van der Waals surface area contributed by atoms with E-state index in [0.29, 0.717) is 0 Å². The number of rotatable bonds is 2. The minimum Gasteiger partial charge on any atom is -0.347 e. The van der Waals surface area contributed by atoms with Crippen LogP contribution in [0.5, 0.6) is 0 Å². The van der Waals surface area contributed by atoms with Crippen LogP contribution < -0.4 is 9.13 Å². The molecule has 3 aromatic heterocycles. The van der Waals surface area contributed by atoms with Gasteiger partial charge in [-0.2, -0.15) is 9.13 Å². The van der Waals surface area contributed by atoms with E-state index in [9.17, 15) is 0 Å². The van der Waals surface area contributed by atoms with Crippen molar-refractivity contribution in [1.29, 1.82) is 0 Å². The molecular weight excluding hydrogens is 330 g/mol. The van der Waals surface area contributed by atoms with Gasteiger partial charge in [0.2, 0.25) is 5.69 Å². The molecule has 0 unspecified atom stereocenters. The van der Waals surface area contributed by atoms with Gasteiger partial charge in [-0.15, -0.1) is 0 Å². The van der Waals surface area contributed by atoms with Gasteiger partial charge in [0.15, 0.2) is 6.20 Å². The second-order valence-corrected chi connectivity index (χ2v) is 7.55. The maximum atomic E-state index is 2.36. The van der Waals surface area contributed by atoms with Crippen molar-refractivity contribution in [2.45, 2.75) is 20.8 Å². The second kappa shape index (κ2) is 6.34. The number of aryl methyl sites for hydroxylation is 5. The number of fused-ring (bicyclic) bond motifs is 1. The Hall–Kier alpha value is -2.94. The highest BCUT2D eigenvalue weighted by Crippen LogP contribution is 2.32. The molecule has 0 fully saturated rings. The van der Waals surface area contributed by atoms with Crippen LogP contribution in [0.1, 0.15) is 16.8 Å². The van der Waals surface area contributed by atoms with Crippen molar-refractivity contribution < 1.29 is 9.13 Å². The fourth-order valence-corrected chi connectivity index (χ4v) is 4.38. The average molecular weight is 358 g/mol. The lowest BCUT2D eigenvalue weighted by atomic mass is 9.99. The zero-order chi connectivity index (χ0) is 19.3. The normalized spacial score (nSPS) is 11.3. The van der Waals surface area contributed by atoms with Gasteiger partial charge in [-0.1, -0.05) is 12.1 Å². The third-order valence-electron chi connectivity index (χ3n) is 5.70. The molecule has 0 aliphatic carbocycles. The molecule has 3 heterocycles. The third-order valence-corrected chi connectivity index (χ3v) is 5.70. The summed E-state index contributed by atoms with van der Waals surface area (Å²) in [4.78, 5) is 0. The van der Waals surface area contributed by atoms with Crippen LogP contribution in [0.4, 0.5) is 0 Å². The van der Waals surface area contributed by atoms with Crippen molar-refractivity contribution in [3.8, 4) is 22.6 Å². The molecule has 4 aromatic rings. The molecule has 0 amide bonds. The Bertz CT molecular complexity index is 1180. The number of hydrogen-bond donors (Lipinski definition) is 0. The molecule has 0 bridgehead atoms. The first kappa shape index (κ1) is 17.5. The lowest BCUT2D eigenvalue weighted by molar-refractivity contribution is -0.685. The Morgan fingerprint density at radius 1 is 0.815 bits per heavy atom. The van der Waals surface area contributed by atoms with Crippen LogP contribution in [-0.2, 0) is 21.1 Å². The van der Waals surface area contributed by atoms with Crippen LogP contribution >= 0.6 is 0 Å². The average Bonchev–Trinajstić information content (AvgIpc) is 2.91. The standard InChI is InChI=1S/C24H27N3/c1-16-14-17(2)23(21-12-7-8-13-25(21)4)27(6)22(16)20-11-9-10-19-15-18(3)26(5)24(19)20/h7-15H,1-6H3/q+2. The molecule has 4 rings (SSSR count). The van der Waals surface area contributed by atoms with Gasteiger partial charge in [0, 0.05) is 41.4 Å². The van der Waals surface area contributed by atoms with Crippen molar-refractivity contribution >= 4 is 10.9 Å². The smallest absolute Gasteiger partial charge is 0.280 e. The SMILES string of the molecule is Cc1cc(C)c(-c2cccc[n+]2C)[n+](C)c1-c1cccc2cc(C)n(C)c12. The molecule has 0 aliphatic rings. The summed E-state index contributed by atoms with van der Waals surface area (Å²) >= 11 is 0. The van der Waals surface area contributed by atoms with Gasteiger partial charge in [0.25, 0.3) is 11.4 Å². The molecule has 3 nitrogen and oxygen atoms in total. The predicted octanol–water partition coefficient (Wildman–Crippen LogP) is 4.09. The molecule has 0 saturated carbocycles. The minimum atomic E-state index is 1.22. The summed E-state index contributed by atoms with van der Waals surface area (Å²) in [5.41, 5.74) is 10.2. The molecule has 0 saturated heterocycles. The highest BCUT2D eigenvalue weighted by Gasteiger charge is 2.28. The number of aromatic nitrogens is 3. The van der Waals surface area contributed by atoms with E-state index in [4.69, 9.17) is 0 Å². The zero-order valence-corrected chi connectivity index (χ0v) is 17.0. The van der Waals surface area contributed by atoms with Gasteiger partial charge in [-0.3, -0.25) is 0 Å². The van der Waals surface area contributed by atoms with E-state index >= 15 is 0 Å². The van der Waals surface area contributed by atoms with Gasteiger partial charge < -0.3 is 4.57 Å². The van der Waals surface area contributed by atoms with Crippen molar-refractivity contribution in [3.05, 3.63) is 71.5 Å². The topological polar surface area (TPSA) is 12.7 Å². The molecular formula is C24H27N3+2. The van der Waals surface area contributed by atoms with Crippen LogP contribution in [0.15, 0.2) is 54.7 Å². The first-order valence-corrected chi connectivity index (χ1v) is 9.41. The summed E-state index contributed by atoms with van der Waals surface area (Å²) in [6.45, 7) is 6.58. The highest BCUT2D eigenvalue weighted by molar-refractivity contribution is 5.94. The Kier molecular flexibility index (Phi) is 4.11. The van der Waals surface area contributed by atoms with Gasteiger partial charge in [-0.25, -0.2) is 0 Å². The Morgan fingerprint density at radius 2 is 1.56 bits per heavy atom. The summed E-state index contributed by atoms with van der Waals surface area (Å²) in [5, 5.41) is 1.29. The van der Waals surface area contributed by atoms with Crippen LogP contribution in [-0.4, -0.2) is 4.57 Å². The summed E-state index contributed by atoms with van der Waals surface area (Å²) in [6.07, 6.45) is 2.11. The Balaban J connectivity index is 2.10. The van der Waals surface area contributed by atoms with Crippen LogP contribution in [0.2, 0.25) is 0 Å². The lowest BCUT2D eigenvalue weighted by Crippen LogP contribution is -2.41. The van der Waals surface area contributed by atoms with Crippen LogP contribution in [0, 0.1) is 20.8 Å². The van der Waals surface area contributed by atoms with Gasteiger partial charge in [0.1, 0.15) is 14.1 Å². The van der Waals surface area contributed by atoms with E-state index in [-0.39, 0.29) is 0 Å². The van der Waals surface area contributed by atoms with Gasteiger partial charge in [-0.05, 0) is 45.0 Å². The molecule has 0 spiro atoms. The van der Waals surface area contributed by atoms with Crippen LogP contribution in [0.3, 0.4) is 0 Å². The summed E-state index contributed by atoms with van der Waals surface area (Å²) in [5.74, 6) is 0. The van der Waals surface area contributed by atoms with Crippen molar-refractivity contribution in [2.75, 3.05) is 0 Å². The molecule has 1 aromatic carbocycles. The fourth-order valence-electron chi connectivity index (χ4n) is 4.38. The number of hydrogen-bond acceptors (Lipinski definition) is 0. The number of pyridine rings is 2. The number of para-hydroxylation sites is 1. The highest BCUT2D eigenvalue weighted by atomic mass is 15.0. The predicted molar refractivity (Wildman–Crippen MR) is 110 cm³/mol. The van der Waals surface area contributed by atoms with Crippen molar-refractivity contribution in [2.24, 2.45) is 21.1 Å². The van der Waals surface area contributed by atoms with Crippen LogP contribution in [0.25, 0.3) is 33.5 Å². The Morgan fingerprint density at radius 3 is 2.30 bits per heavy atom. The first-order valence-electron chi connectivity index (χ1n) is 9.41. The summed E-state index contributed by atoms with van der Waals surface area (Å²) in [6, 6.07) is 17.6. The molecule has 0 atom stereocenters. The molecule has 27 heavy (non-hydrogen) atoms. The number of nitrogens with zero attached hydrogens (tertiary/aromatic N) is 3. The monoisotopic (exact) mass is 357 g/mol. The minimum absolute atomic E-state index is 1.22. The van der Waals surface area contributed by atoms with E-state index in [1.807, 2.05) is 0 Å². The number of benzene rings is 1. The molecule has 3 heteroatoms. The van der Waals surface area contributed by atoms with E-state index < -0.39 is 0 Å².